The molecule has 0 heterocycles. The molecular formula is C17H22O. The van der Waals surface area contributed by atoms with Gasteiger partial charge < -0.3 is 0 Å². The maximum Gasteiger partial charge on any atom is 0.140 e. The van der Waals surface area contributed by atoms with Crippen LogP contribution in [0.5, 0.6) is 0 Å². The summed E-state index contributed by atoms with van der Waals surface area (Å²) in [5.74, 6) is 1.09. The highest BCUT2D eigenvalue weighted by Gasteiger charge is 2.42. The molecule has 0 saturated heterocycles. The van der Waals surface area contributed by atoms with Crippen LogP contribution in [0.4, 0.5) is 0 Å². The molecule has 0 amide bonds. The van der Waals surface area contributed by atoms with Crippen LogP contribution in [0.15, 0.2) is 24.3 Å². The van der Waals surface area contributed by atoms with E-state index in [4.69, 9.17) is 0 Å². The third-order valence-corrected chi connectivity index (χ3v) is 5.05. The van der Waals surface area contributed by atoms with Crippen LogP contribution in [-0.2, 0) is 17.6 Å². The normalized spacial score (nSPS) is 26.2. The van der Waals surface area contributed by atoms with Gasteiger partial charge in [-0.2, -0.15) is 0 Å². The van der Waals surface area contributed by atoms with E-state index in [1.165, 1.54) is 24.0 Å². The first-order valence-electron chi connectivity index (χ1n) is 7.18. The Morgan fingerprint density at radius 2 is 1.78 bits per heavy atom. The van der Waals surface area contributed by atoms with Crippen LogP contribution in [0.2, 0.25) is 0 Å². The number of hydrogen-bond acceptors (Lipinski definition) is 1. The number of fused-ring (bicyclic) bond motifs is 1. The quantitative estimate of drug-likeness (QED) is 0.771. The number of carbonyl (C=O) groups excluding carboxylic acids is 1. The number of rotatable bonds is 2. The summed E-state index contributed by atoms with van der Waals surface area (Å²) in [7, 11) is 0. The molecular weight excluding hydrogens is 220 g/mol. The molecule has 1 heteroatoms. The van der Waals surface area contributed by atoms with Crippen LogP contribution in [0.1, 0.15) is 44.2 Å². The molecule has 0 spiro atoms. The molecule has 0 aromatic heterocycles. The Kier molecular flexibility index (Phi) is 2.80. The van der Waals surface area contributed by atoms with Crippen molar-refractivity contribution in [3.8, 4) is 0 Å². The molecule has 0 bridgehead atoms. The molecule has 1 saturated carbocycles. The Bertz CT molecular complexity index is 447. The average molecular weight is 242 g/mol. The van der Waals surface area contributed by atoms with E-state index < -0.39 is 0 Å². The van der Waals surface area contributed by atoms with Gasteiger partial charge >= 0.3 is 0 Å². The van der Waals surface area contributed by atoms with E-state index in [9.17, 15) is 4.79 Å². The van der Waals surface area contributed by atoms with Gasteiger partial charge in [-0.05, 0) is 42.2 Å². The Morgan fingerprint density at radius 3 is 2.28 bits per heavy atom. The third kappa shape index (κ3) is 1.90. The molecule has 3 rings (SSSR count). The maximum absolute atomic E-state index is 12.7. The molecule has 1 aromatic carbocycles. The minimum absolute atomic E-state index is 0.228. The van der Waals surface area contributed by atoms with E-state index >= 15 is 0 Å². The summed E-state index contributed by atoms with van der Waals surface area (Å²) >= 11 is 0. The number of hydrogen-bond donors (Lipinski definition) is 0. The van der Waals surface area contributed by atoms with Crippen molar-refractivity contribution in [1.82, 2.24) is 0 Å². The number of benzene rings is 1. The lowest BCUT2D eigenvalue weighted by atomic mass is 9.75. The van der Waals surface area contributed by atoms with Crippen molar-refractivity contribution in [2.75, 3.05) is 0 Å². The largest absolute Gasteiger partial charge is 0.299 e. The number of carbonyl (C=O) groups is 1. The van der Waals surface area contributed by atoms with Gasteiger partial charge in [-0.3, -0.25) is 4.79 Å². The Hall–Kier alpha value is -1.11. The number of ketones is 1. The lowest BCUT2D eigenvalue weighted by molar-refractivity contribution is -0.129. The smallest absolute Gasteiger partial charge is 0.140 e. The maximum atomic E-state index is 12.7. The Balaban J connectivity index is 1.77. The first-order valence-corrected chi connectivity index (χ1v) is 7.18. The van der Waals surface area contributed by atoms with Crippen molar-refractivity contribution < 1.29 is 4.79 Å². The number of Topliss-reactive ketones (excluding diaryl/α,β-unsaturated/α-hetero) is 1. The first kappa shape index (κ1) is 12.0. The van der Waals surface area contributed by atoms with Crippen molar-refractivity contribution in [3.63, 3.8) is 0 Å². The van der Waals surface area contributed by atoms with Crippen LogP contribution in [0.3, 0.4) is 0 Å². The van der Waals surface area contributed by atoms with Crippen LogP contribution in [0.25, 0.3) is 0 Å². The molecule has 2 aliphatic rings. The van der Waals surface area contributed by atoms with Crippen molar-refractivity contribution >= 4 is 5.78 Å². The molecule has 1 nitrogen and oxygen atoms in total. The zero-order valence-corrected chi connectivity index (χ0v) is 11.4. The highest BCUT2D eigenvalue weighted by molar-refractivity contribution is 5.85. The molecule has 1 unspecified atom stereocenters. The molecule has 18 heavy (non-hydrogen) atoms. The fourth-order valence-corrected chi connectivity index (χ4v) is 3.90. The molecule has 0 radical (unpaired) electrons. The van der Waals surface area contributed by atoms with Crippen molar-refractivity contribution in [3.05, 3.63) is 35.4 Å². The third-order valence-electron chi connectivity index (χ3n) is 5.05. The predicted octanol–water partition coefficient (Wildman–Crippen LogP) is 3.80. The van der Waals surface area contributed by atoms with Crippen molar-refractivity contribution in [2.45, 2.75) is 46.0 Å². The van der Waals surface area contributed by atoms with Gasteiger partial charge in [0, 0.05) is 11.8 Å². The van der Waals surface area contributed by atoms with Gasteiger partial charge in [0.15, 0.2) is 0 Å². The highest BCUT2D eigenvalue weighted by Crippen LogP contribution is 2.45. The summed E-state index contributed by atoms with van der Waals surface area (Å²) in [5.41, 5.74) is 3.02. The lowest BCUT2D eigenvalue weighted by Gasteiger charge is -2.27. The summed E-state index contributed by atoms with van der Waals surface area (Å²) in [6, 6.07) is 8.54. The van der Waals surface area contributed by atoms with E-state index in [0.717, 1.165) is 19.3 Å². The second-order valence-electron chi connectivity index (χ2n) is 6.71. The van der Waals surface area contributed by atoms with Crippen molar-refractivity contribution in [2.24, 2.45) is 17.3 Å². The molecule has 2 aliphatic carbocycles. The predicted molar refractivity (Wildman–Crippen MR) is 73.5 cm³/mol. The van der Waals surface area contributed by atoms with Gasteiger partial charge in [0.2, 0.25) is 0 Å². The van der Waals surface area contributed by atoms with E-state index in [0.29, 0.717) is 11.7 Å². The second-order valence-corrected chi connectivity index (χ2v) is 6.71. The standard InChI is InChI=1S/C17H22O/c1-17(2)9-5-8-15(17)16(18)14-10-12-6-3-4-7-13(12)11-14/h3-4,6-7,14-15H,5,8-11H2,1-2H3. The van der Waals surface area contributed by atoms with Crippen LogP contribution in [-0.4, -0.2) is 5.78 Å². The van der Waals surface area contributed by atoms with Crippen LogP contribution < -0.4 is 0 Å². The molecule has 96 valence electrons. The molecule has 0 N–H and O–H groups in total. The SMILES string of the molecule is CC1(C)CCCC1C(=O)C1Cc2ccccc2C1. The van der Waals surface area contributed by atoms with Gasteiger partial charge in [0.25, 0.3) is 0 Å². The van der Waals surface area contributed by atoms with Gasteiger partial charge in [-0.1, -0.05) is 44.5 Å². The minimum atomic E-state index is 0.228. The molecule has 0 aliphatic heterocycles. The van der Waals surface area contributed by atoms with Crippen LogP contribution >= 0.6 is 0 Å². The Labute approximate surface area is 110 Å². The lowest BCUT2D eigenvalue weighted by Crippen LogP contribution is -2.31. The summed E-state index contributed by atoms with van der Waals surface area (Å²) in [6.07, 6.45) is 5.49. The van der Waals surface area contributed by atoms with E-state index in [2.05, 4.69) is 38.1 Å². The van der Waals surface area contributed by atoms with Crippen LogP contribution in [0, 0.1) is 17.3 Å². The topological polar surface area (TPSA) is 17.1 Å². The van der Waals surface area contributed by atoms with Gasteiger partial charge in [-0.25, -0.2) is 0 Å². The second kappa shape index (κ2) is 4.22. The summed E-state index contributed by atoms with van der Waals surface area (Å²) in [4.78, 5) is 12.7. The zero-order valence-electron chi connectivity index (χ0n) is 11.4. The van der Waals surface area contributed by atoms with Gasteiger partial charge in [0.05, 0.1) is 0 Å². The summed E-state index contributed by atoms with van der Waals surface area (Å²) in [5, 5.41) is 0. The highest BCUT2D eigenvalue weighted by atomic mass is 16.1. The summed E-state index contributed by atoms with van der Waals surface area (Å²) in [6.45, 7) is 4.54. The molecule has 1 fully saturated rings. The fraction of sp³-hybridized carbons (Fsp3) is 0.588. The van der Waals surface area contributed by atoms with E-state index in [-0.39, 0.29) is 11.3 Å². The first-order chi connectivity index (χ1) is 8.58. The summed E-state index contributed by atoms with van der Waals surface area (Å²) < 4.78 is 0. The van der Waals surface area contributed by atoms with Gasteiger partial charge in [-0.15, -0.1) is 0 Å². The fourth-order valence-electron chi connectivity index (χ4n) is 3.90. The monoisotopic (exact) mass is 242 g/mol. The van der Waals surface area contributed by atoms with E-state index in [1.807, 2.05) is 0 Å². The minimum Gasteiger partial charge on any atom is -0.299 e. The Morgan fingerprint density at radius 1 is 1.17 bits per heavy atom. The van der Waals surface area contributed by atoms with Gasteiger partial charge in [0.1, 0.15) is 5.78 Å². The average Bonchev–Trinajstić information content (AvgIpc) is 2.90. The molecule has 1 atom stereocenters. The van der Waals surface area contributed by atoms with E-state index in [1.54, 1.807) is 0 Å². The zero-order chi connectivity index (χ0) is 12.8. The van der Waals surface area contributed by atoms with Crippen molar-refractivity contribution in [1.29, 1.82) is 0 Å². The molecule has 1 aromatic rings.